The summed E-state index contributed by atoms with van der Waals surface area (Å²) < 4.78 is 26.5. The minimum Gasteiger partial charge on any atom is -0.341 e. The van der Waals surface area contributed by atoms with Gasteiger partial charge in [0.25, 0.3) is 5.92 Å². The fraction of sp³-hybridized carbons (Fsp3) is 0.889. The van der Waals surface area contributed by atoms with Crippen LogP contribution in [0.1, 0.15) is 12.8 Å². The predicted molar refractivity (Wildman–Crippen MR) is 48.5 cm³/mol. The number of hydrogen-bond donors (Lipinski definition) is 0. The molecule has 1 heterocycles. The van der Waals surface area contributed by atoms with Gasteiger partial charge < -0.3 is 4.90 Å². The van der Waals surface area contributed by atoms with E-state index in [1.54, 1.807) is 0 Å². The van der Waals surface area contributed by atoms with Crippen molar-refractivity contribution in [2.45, 2.75) is 18.8 Å². The molecule has 0 aromatic heterocycles. The van der Waals surface area contributed by atoms with E-state index in [0.717, 1.165) is 0 Å². The van der Waals surface area contributed by atoms with E-state index < -0.39 is 11.8 Å². The van der Waals surface area contributed by atoms with Gasteiger partial charge in [0, 0.05) is 25.4 Å². The average molecular weight is 224 g/mol. The molecule has 80 valence electrons. The number of rotatable bonds is 1. The van der Waals surface area contributed by atoms with E-state index in [0.29, 0.717) is 13.0 Å². The van der Waals surface area contributed by atoms with Crippen molar-refractivity contribution in [3.63, 3.8) is 0 Å². The Morgan fingerprint density at radius 1 is 1.50 bits per heavy atom. The summed E-state index contributed by atoms with van der Waals surface area (Å²) in [5, 5.41) is 0. The molecule has 2 nitrogen and oxygen atoms in total. The van der Waals surface area contributed by atoms with E-state index in [2.05, 4.69) is 0 Å². The summed E-state index contributed by atoms with van der Waals surface area (Å²) in [7, 11) is 0. The highest BCUT2D eigenvalue weighted by molar-refractivity contribution is 6.27. The van der Waals surface area contributed by atoms with E-state index in [1.165, 1.54) is 4.90 Å². The Morgan fingerprint density at radius 2 is 2.21 bits per heavy atom. The number of carbonyl (C=O) groups is 1. The first-order valence-corrected chi connectivity index (χ1v) is 5.29. The van der Waals surface area contributed by atoms with Crippen molar-refractivity contribution in [3.05, 3.63) is 0 Å². The molecule has 0 aromatic rings. The van der Waals surface area contributed by atoms with Crippen LogP contribution in [0.4, 0.5) is 8.78 Å². The van der Waals surface area contributed by atoms with Crippen LogP contribution in [0.25, 0.3) is 0 Å². The molecule has 0 N–H and O–H groups in total. The molecule has 1 saturated carbocycles. The smallest absolute Gasteiger partial charge is 0.252 e. The standard InChI is InChI=1S/C9H12ClF2NO/c10-3-8(14)13-4-6-1-2-9(11,12)7(6)5-13/h6-7H,1-5H2. The number of halogens is 3. The van der Waals surface area contributed by atoms with Crippen LogP contribution in [-0.2, 0) is 4.79 Å². The van der Waals surface area contributed by atoms with Gasteiger partial charge in [-0.05, 0) is 12.3 Å². The molecule has 5 heteroatoms. The Hall–Kier alpha value is -0.380. The molecule has 1 amide bonds. The summed E-state index contributed by atoms with van der Waals surface area (Å²) in [6.07, 6.45) is 0.509. The predicted octanol–water partition coefficient (Wildman–Crippen LogP) is 1.73. The lowest BCUT2D eigenvalue weighted by atomic mass is 9.99. The van der Waals surface area contributed by atoms with E-state index in [1.807, 2.05) is 0 Å². The maximum atomic E-state index is 13.3. The Kier molecular flexibility index (Phi) is 2.41. The average Bonchev–Trinajstić information content (AvgIpc) is 2.67. The third-order valence-electron chi connectivity index (χ3n) is 3.30. The molecule has 0 radical (unpaired) electrons. The van der Waals surface area contributed by atoms with E-state index in [-0.39, 0.29) is 30.7 Å². The first-order valence-electron chi connectivity index (χ1n) is 4.76. The van der Waals surface area contributed by atoms with Crippen LogP contribution in [0, 0.1) is 11.8 Å². The van der Waals surface area contributed by atoms with Crippen LogP contribution in [0.3, 0.4) is 0 Å². The summed E-state index contributed by atoms with van der Waals surface area (Å²) in [6.45, 7) is 0.648. The van der Waals surface area contributed by atoms with Crippen molar-refractivity contribution < 1.29 is 13.6 Å². The van der Waals surface area contributed by atoms with Crippen molar-refractivity contribution in [2.24, 2.45) is 11.8 Å². The summed E-state index contributed by atoms with van der Waals surface area (Å²) in [5.41, 5.74) is 0. The lowest BCUT2D eigenvalue weighted by Gasteiger charge is -2.19. The molecule has 2 fully saturated rings. The third kappa shape index (κ3) is 1.49. The number of fused-ring (bicyclic) bond motifs is 1. The normalized spacial score (nSPS) is 34.6. The maximum Gasteiger partial charge on any atom is 0.252 e. The lowest BCUT2D eigenvalue weighted by Crippen LogP contribution is -2.33. The molecule has 0 spiro atoms. The van der Waals surface area contributed by atoms with Gasteiger partial charge in [0.05, 0.1) is 0 Å². The Labute approximate surface area is 86.2 Å². The number of hydrogen-bond acceptors (Lipinski definition) is 1. The molecule has 2 unspecified atom stereocenters. The van der Waals surface area contributed by atoms with Crippen LogP contribution in [0.2, 0.25) is 0 Å². The molecule has 2 atom stereocenters. The summed E-state index contributed by atoms with van der Waals surface area (Å²) in [5.74, 6) is -3.56. The van der Waals surface area contributed by atoms with Crippen LogP contribution in [0.15, 0.2) is 0 Å². The molecule has 14 heavy (non-hydrogen) atoms. The first kappa shape index (κ1) is 10.1. The second kappa shape index (κ2) is 3.33. The molecule has 1 saturated heterocycles. The SMILES string of the molecule is O=C(CCl)N1CC2CCC(F)(F)C2C1. The van der Waals surface area contributed by atoms with Gasteiger partial charge in [-0.3, -0.25) is 4.79 Å². The molecule has 2 rings (SSSR count). The lowest BCUT2D eigenvalue weighted by molar-refractivity contribution is -0.128. The number of likely N-dealkylation sites (tertiary alicyclic amines) is 1. The second-order valence-electron chi connectivity index (χ2n) is 4.10. The van der Waals surface area contributed by atoms with Crippen molar-refractivity contribution in [2.75, 3.05) is 19.0 Å². The van der Waals surface area contributed by atoms with E-state index in [4.69, 9.17) is 11.6 Å². The zero-order valence-corrected chi connectivity index (χ0v) is 8.44. The zero-order valence-electron chi connectivity index (χ0n) is 7.68. The van der Waals surface area contributed by atoms with Gasteiger partial charge in [-0.2, -0.15) is 0 Å². The van der Waals surface area contributed by atoms with Gasteiger partial charge in [-0.15, -0.1) is 11.6 Å². The van der Waals surface area contributed by atoms with Crippen LogP contribution < -0.4 is 0 Å². The number of carbonyl (C=O) groups excluding carboxylic acids is 1. The van der Waals surface area contributed by atoms with Crippen molar-refractivity contribution in [1.29, 1.82) is 0 Å². The molecule has 0 aromatic carbocycles. The van der Waals surface area contributed by atoms with Gasteiger partial charge >= 0.3 is 0 Å². The summed E-state index contributed by atoms with van der Waals surface area (Å²) in [6, 6.07) is 0. The zero-order chi connectivity index (χ0) is 10.3. The quantitative estimate of drug-likeness (QED) is 0.620. The highest BCUT2D eigenvalue weighted by atomic mass is 35.5. The largest absolute Gasteiger partial charge is 0.341 e. The Morgan fingerprint density at radius 3 is 2.79 bits per heavy atom. The maximum absolute atomic E-state index is 13.3. The Balaban J connectivity index is 2.05. The third-order valence-corrected chi connectivity index (χ3v) is 3.53. The number of nitrogens with zero attached hydrogens (tertiary/aromatic N) is 1. The highest BCUT2D eigenvalue weighted by Crippen LogP contribution is 2.48. The van der Waals surface area contributed by atoms with Crippen LogP contribution >= 0.6 is 11.6 Å². The van der Waals surface area contributed by atoms with Gasteiger partial charge in [-0.1, -0.05) is 0 Å². The topological polar surface area (TPSA) is 20.3 Å². The van der Waals surface area contributed by atoms with E-state index >= 15 is 0 Å². The van der Waals surface area contributed by atoms with Gasteiger partial charge in [-0.25, -0.2) is 8.78 Å². The fourth-order valence-electron chi connectivity index (χ4n) is 2.49. The van der Waals surface area contributed by atoms with Gasteiger partial charge in [0.15, 0.2) is 0 Å². The molecular formula is C9H12ClF2NO. The monoisotopic (exact) mass is 223 g/mol. The van der Waals surface area contributed by atoms with E-state index in [9.17, 15) is 13.6 Å². The van der Waals surface area contributed by atoms with Crippen molar-refractivity contribution >= 4 is 17.5 Å². The first-order chi connectivity index (χ1) is 6.54. The highest BCUT2D eigenvalue weighted by Gasteiger charge is 2.54. The molecule has 2 aliphatic rings. The second-order valence-corrected chi connectivity index (χ2v) is 4.37. The molecular weight excluding hydrogens is 212 g/mol. The molecule has 1 aliphatic carbocycles. The minimum atomic E-state index is -2.58. The van der Waals surface area contributed by atoms with Crippen LogP contribution in [-0.4, -0.2) is 35.7 Å². The number of amides is 1. The minimum absolute atomic E-state index is 0.0165. The summed E-state index contributed by atoms with van der Waals surface area (Å²) in [4.78, 5) is 12.7. The molecule has 1 aliphatic heterocycles. The van der Waals surface area contributed by atoms with Gasteiger partial charge in [0.2, 0.25) is 5.91 Å². The number of alkyl halides is 3. The van der Waals surface area contributed by atoms with Crippen molar-refractivity contribution in [1.82, 2.24) is 4.90 Å². The van der Waals surface area contributed by atoms with Gasteiger partial charge in [0.1, 0.15) is 5.88 Å². The Bertz CT molecular complexity index is 259. The fourth-order valence-corrected chi connectivity index (χ4v) is 2.66. The summed E-state index contributed by atoms with van der Waals surface area (Å²) >= 11 is 5.38. The van der Waals surface area contributed by atoms with Crippen molar-refractivity contribution in [3.8, 4) is 0 Å². The molecule has 0 bridgehead atoms. The van der Waals surface area contributed by atoms with Crippen LogP contribution in [0.5, 0.6) is 0 Å².